The van der Waals surface area contributed by atoms with Crippen LogP contribution in [0.2, 0.25) is 0 Å². The number of nitrogens with one attached hydrogen (secondary N) is 1. The van der Waals surface area contributed by atoms with E-state index in [-0.39, 0.29) is 5.91 Å². The molecule has 0 aliphatic carbocycles. The second kappa shape index (κ2) is 7.03. The highest BCUT2D eigenvalue weighted by atomic mass is 32.1. The fourth-order valence-corrected chi connectivity index (χ4v) is 2.86. The minimum Gasteiger partial charge on any atom is -0.339 e. The normalized spacial score (nSPS) is 17.1. The van der Waals surface area contributed by atoms with E-state index in [2.05, 4.69) is 40.9 Å². The van der Waals surface area contributed by atoms with Crippen LogP contribution in [0.5, 0.6) is 0 Å². The summed E-state index contributed by atoms with van der Waals surface area (Å²) in [5, 5.41) is 7.50. The topological polar surface area (TPSA) is 35.6 Å². The summed E-state index contributed by atoms with van der Waals surface area (Å²) in [5.41, 5.74) is 1.38. The Kier molecular flexibility index (Phi) is 5.36. The van der Waals surface area contributed by atoms with Gasteiger partial charge in [-0.25, -0.2) is 0 Å². The Labute approximate surface area is 119 Å². The molecule has 0 aromatic carbocycles. The fraction of sp³-hybridized carbons (Fsp3) is 0.643. The summed E-state index contributed by atoms with van der Waals surface area (Å²) in [4.78, 5) is 16.4. The van der Waals surface area contributed by atoms with Gasteiger partial charge in [-0.05, 0) is 22.4 Å². The maximum atomic E-state index is 12.0. The summed E-state index contributed by atoms with van der Waals surface area (Å²) in [6.07, 6.45) is 0. The van der Waals surface area contributed by atoms with Crippen molar-refractivity contribution < 1.29 is 4.79 Å². The maximum absolute atomic E-state index is 12.0. The van der Waals surface area contributed by atoms with Gasteiger partial charge in [0.05, 0.1) is 6.54 Å². The molecular formula is C14H23N3OS. The molecule has 1 aromatic heterocycles. The number of carbonyl (C=O) groups is 1. The molecule has 4 nitrogen and oxygen atoms in total. The van der Waals surface area contributed by atoms with Crippen LogP contribution < -0.4 is 5.32 Å². The molecule has 1 N–H and O–H groups in total. The van der Waals surface area contributed by atoms with Gasteiger partial charge >= 0.3 is 0 Å². The second-order valence-electron chi connectivity index (χ2n) is 5.32. The number of rotatable bonds is 5. The Balaban J connectivity index is 1.71. The average Bonchev–Trinajstić information content (AvgIpc) is 2.89. The smallest absolute Gasteiger partial charge is 0.236 e. The number of carbonyl (C=O) groups excluding carboxylic acids is 1. The van der Waals surface area contributed by atoms with Gasteiger partial charge in [0.25, 0.3) is 0 Å². The number of nitrogens with zero attached hydrogens (tertiary/aromatic N) is 2. The zero-order valence-corrected chi connectivity index (χ0v) is 12.6. The largest absolute Gasteiger partial charge is 0.339 e. The molecule has 5 heteroatoms. The predicted molar refractivity (Wildman–Crippen MR) is 79.3 cm³/mol. The van der Waals surface area contributed by atoms with Crippen molar-refractivity contribution in [2.45, 2.75) is 26.4 Å². The molecule has 0 atom stereocenters. The molecule has 0 spiro atoms. The molecule has 1 fully saturated rings. The number of piperazine rings is 1. The van der Waals surface area contributed by atoms with Crippen LogP contribution in [0.15, 0.2) is 16.8 Å². The highest BCUT2D eigenvalue weighted by molar-refractivity contribution is 7.07. The molecule has 0 radical (unpaired) electrons. The van der Waals surface area contributed by atoms with Gasteiger partial charge in [-0.15, -0.1) is 0 Å². The van der Waals surface area contributed by atoms with E-state index in [0.29, 0.717) is 12.6 Å². The molecule has 1 saturated heterocycles. The first kappa shape index (κ1) is 14.5. The summed E-state index contributed by atoms with van der Waals surface area (Å²) in [7, 11) is 0. The van der Waals surface area contributed by atoms with Gasteiger partial charge in [-0.3, -0.25) is 9.69 Å². The third kappa shape index (κ3) is 4.60. The van der Waals surface area contributed by atoms with E-state index in [4.69, 9.17) is 0 Å². The molecule has 106 valence electrons. The Morgan fingerprint density at radius 1 is 1.37 bits per heavy atom. The fourth-order valence-electron chi connectivity index (χ4n) is 2.20. The lowest BCUT2D eigenvalue weighted by Crippen LogP contribution is -2.50. The van der Waals surface area contributed by atoms with E-state index in [1.54, 1.807) is 11.3 Å². The van der Waals surface area contributed by atoms with Crippen molar-refractivity contribution in [3.05, 3.63) is 22.4 Å². The summed E-state index contributed by atoms with van der Waals surface area (Å²) in [6.45, 7) is 9.24. The lowest BCUT2D eigenvalue weighted by Gasteiger charge is -2.34. The molecule has 1 aliphatic rings. The van der Waals surface area contributed by atoms with Gasteiger partial charge in [0.15, 0.2) is 0 Å². The first-order chi connectivity index (χ1) is 9.15. The second-order valence-corrected chi connectivity index (χ2v) is 6.10. The molecule has 19 heavy (non-hydrogen) atoms. The minimum atomic E-state index is 0.226. The zero-order chi connectivity index (χ0) is 13.7. The van der Waals surface area contributed by atoms with Crippen LogP contribution in [0, 0.1) is 0 Å². The van der Waals surface area contributed by atoms with Crippen molar-refractivity contribution in [3.8, 4) is 0 Å². The van der Waals surface area contributed by atoms with Crippen LogP contribution in [0.25, 0.3) is 0 Å². The Bertz CT molecular complexity index is 383. The van der Waals surface area contributed by atoms with E-state index < -0.39 is 0 Å². The summed E-state index contributed by atoms with van der Waals surface area (Å²) >= 11 is 1.74. The van der Waals surface area contributed by atoms with Crippen molar-refractivity contribution in [1.82, 2.24) is 15.1 Å². The molecule has 0 unspecified atom stereocenters. The van der Waals surface area contributed by atoms with Crippen LogP contribution in [0.3, 0.4) is 0 Å². The molecular weight excluding hydrogens is 258 g/mol. The van der Waals surface area contributed by atoms with Gasteiger partial charge in [-0.2, -0.15) is 11.3 Å². The monoisotopic (exact) mass is 281 g/mol. The standard InChI is InChI=1S/C14H23N3OS/c1-12(2)15-9-14(18)17-6-4-16(5-7-17)10-13-3-8-19-11-13/h3,8,11-12,15H,4-7,9-10H2,1-2H3. The van der Waals surface area contributed by atoms with Crippen LogP contribution in [0.4, 0.5) is 0 Å². The first-order valence-electron chi connectivity index (χ1n) is 6.89. The zero-order valence-electron chi connectivity index (χ0n) is 11.8. The Morgan fingerprint density at radius 2 is 2.11 bits per heavy atom. The maximum Gasteiger partial charge on any atom is 0.236 e. The lowest BCUT2D eigenvalue weighted by molar-refractivity contribution is -0.132. The van der Waals surface area contributed by atoms with Gasteiger partial charge in [0, 0.05) is 38.8 Å². The SMILES string of the molecule is CC(C)NCC(=O)N1CCN(Cc2ccsc2)CC1. The average molecular weight is 281 g/mol. The highest BCUT2D eigenvalue weighted by Gasteiger charge is 2.20. The molecule has 0 saturated carbocycles. The molecule has 0 bridgehead atoms. The predicted octanol–water partition coefficient (Wildman–Crippen LogP) is 1.39. The molecule has 1 aromatic rings. The molecule has 1 amide bonds. The number of hydrogen-bond acceptors (Lipinski definition) is 4. The van der Waals surface area contributed by atoms with E-state index in [0.717, 1.165) is 32.7 Å². The summed E-state index contributed by atoms with van der Waals surface area (Å²) in [6, 6.07) is 2.54. The third-order valence-electron chi connectivity index (χ3n) is 3.37. The lowest BCUT2D eigenvalue weighted by atomic mass is 10.2. The molecule has 2 rings (SSSR count). The molecule has 1 aliphatic heterocycles. The van der Waals surface area contributed by atoms with Crippen LogP contribution in [0.1, 0.15) is 19.4 Å². The van der Waals surface area contributed by atoms with E-state index in [9.17, 15) is 4.79 Å². The van der Waals surface area contributed by atoms with Gasteiger partial charge in [-0.1, -0.05) is 13.8 Å². The number of amides is 1. The van der Waals surface area contributed by atoms with E-state index in [1.807, 2.05) is 4.90 Å². The van der Waals surface area contributed by atoms with Gasteiger partial charge < -0.3 is 10.2 Å². The van der Waals surface area contributed by atoms with Gasteiger partial charge in [0.2, 0.25) is 5.91 Å². The van der Waals surface area contributed by atoms with Crippen LogP contribution in [-0.2, 0) is 11.3 Å². The van der Waals surface area contributed by atoms with Crippen molar-refractivity contribution >= 4 is 17.2 Å². The third-order valence-corrected chi connectivity index (χ3v) is 4.10. The quantitative estimate of drug-likeness (QED) is 0.886. The Hall–Kier alpha value is -0.910. The van der Waals surface area contributed by atoms with Crippen LogP contribution in [-0.4, -0.2) is 54.5 Å². The van der Waals surface area contributed by atoms with Crippen molar-refractivity contribution in [2.75, 3.05) is 32.7 Å². The number of hydrogen-bond donors (Lipinski definition) is 1. The van der Waals surface area contributed by atoms with E-state index in [1.165, 1.54) is 5.56 Å². The number of thiophene rings is 1. The Morgan fingerprint density at radius 3 is 2.68 bits per heavy atom. The van der Waals surface area contributed by atoms with Crippen molar-refractivity contribution in [1.29, 1.82) is 0 Å². The van der Waals surface area contributed by atoms with Crippen molar-refractivity contribution in [2.24, 2.45) is 0 Å². The highest BCUT2D eigenvalue weighted by Crippen LogP contribution is 2.11. The van der Waals surface area contributed by atoms with Gasteiger partial charge in [0.1, 0.15) is 0 Å². The minimum absolute atomic E-state index is 0.226. The molecule has 2 heterocycles. The van der Waals surface area contributed by atoms with E-state index >= 15 is 0 Å². The summed E-state index contributed by atoms with van der Waals surface area (Å²) in [5.74, 6) is 0.226. The van der Waals surface area contributed by atoms with Crippen molar-refractivity contribution in [3.63, 3.8) is 0 Å². The van der Waals surface area contributed by atoms with Crippen LogP contribution >= 0.6 is 11.3 Å². The summed E-state index contributed by atoms with van der Waals surface area (Å²) < 4.78 is 0. The first-order valence-corrected chi connectivity index (χ1v) is 7.84.